The zero-order chi connectivity index (χ0) is 12.3. The maximum absolute atomic E-state index is 10.9. The van der Waals surface area contributed by atoms with Crippen molar-refractivity contribution < 1.29 is 14.6 Å². The molecule has 0 aromatic heterocycles. The fourth-order valence-corrected chi connectivity index (χ4v) is 3.54. The highest BCUT2D eigenvalue weighted by atomic mass is 16.5. The molecule has 0 spiro atoms. The Bertz CT molecular complexity index is 286. The van der Waals surface area contributed by atoms with Crippen LogP contribution < -0.4 is 0 Å². The zero-order valence-electron chi connectivity index (χ0n) is 10.4. The number of hydrogen-bond acceptors (Lipinski definition) is 3. The molecule has 2 fully saturated rings. The van der Waals surface area contributed by atoms with Crippen LogP contribution in [0.15, 0.2) is 12.7 Å². The van der Waals surface area contributed by atoms with Crippen molar-refractivity contribution in [2.75, 3.05) is 6.61 Å². The third kappa shape index (κ3) is 3.32. The van der Waals surface area contributed by atoms with Crippen LogP contribution in [0.5, 0.6) is 0 Å². The first kappa shape index (κ1) is 12.6. The number of esters is 1. The molecular formula is C14H22O3. The zero-order valence-corrected chi connectivity index (χ0v) is 10.4. The molecule has 3 nitrogen and oxygen atoms in total. The van der Waals surface area contributed by atoms with Gasteiger partial charge in [-0.3, -0.25) is 0 Å². The molecule has 2 unspecified atom stereocenters. The fourth-order valence-electron chi connectivity index (χ4n) is 3.54. The topological polar surface area (TPSA) is 46.5 Å². The molecule has 0 aliphatic heterocycles. The summed E-state index contributed by atoms with van der Waals surface area (Å²) in [5.41, 5.74) is -0.602. The van der Waals surface area contributed by atoms with Crippen molar-refractivity contribution in [2.45, 2.75) is 50.5 Å². The maximum Gasteiger partial charge on any atom is 0.330 e. The lowest BCUT2D eigenvalue weighted by Gasteiger charge is -2.44. The number of fused-ring (bicyclic) bond motifs is 2. The highest BCUT2D eigenvalue weighted by molar-refractivity contribution is 5.81. The Labute approximate surface area is 103 Å². The van der Waals surface area contributed by atoms with E-state index in [2.05, 4.69) is 6.58 Å². The summed E-state index contributed by atoms with van der Waals surface area (Å²) in [6, 6.07) is 0. The van der Waals surface area contributed by atoms with Gasteiger partial charge in [-0.1, -0.05) is 25.8 Å². The van der Waals surface area contributed by atoms with Gasteiger partial charge in [0.1, 0.15) is 0 Å². The molecular weight excluding hydrogens is 216 g/mol. The SMILES string of the molecule is C=CC(=O)OCCC1(O)CC2CCCC(C2)C1. The van der Waals surface area contributed by atoms with E-state index in [1.165, 1.54) is 31.8 Å². The van der Waals surface area contributed by atoms with Gasteiger partial charge in [-0.15, -0.1) is 0 Å². The monoisotopic (exact) mass is 238 g/mol. The van der Waals surface area contributed by atoms with Crippen molar-refractivity contribution in [3.8, 4) is 0 Å². The molecule has 2 aliphatic carbocycles. The third-order valence-corrected chi connectivity index (χ3v) is 4.21. The van der Waals surface area contributed by atoms with Crippen molar-refractivity contribution in [1.82, 2.24) is 0 Å². The second-order valence-electron chi connectivity index (χ2n) is 5.65. The van der Waals surface area contributed by atoms with Crippen LogP contribution in [0, 0.1) is 11.8 Å². The lowest BCUT2D eigenvalue weighted by molar-refractivity contribution is -0.140. The van der Waals surface area contributed by atoms with Gasteiger partial charge in [-0.2, -0.15) is 0 Å². The first-order valence-corrected chi connectivity index (χ1v) is 6.63. The second kappa shape index (κ2) is 5.21. The average molecular weight is 238 g/mol. The summed E-state index contributed by atoms with van der Waals surface area (Å²) < 4.78 is 4.96. The molecule has 17 heavy (non-hydrogen) atoms. The number of aliphatic hydroxyl groups is 1. The molecule has 0 saturated heterocycles. The minimum Gasteiger partial charge on any atom is -0.462 e. The summed E-state index contributed by atoms with van der Waals surface area (Å²) in [5, 5.41) is 10.5. The molecule has 2 bridgehead atoms. The number of carbonyl (C=O) groups is 1. The predicted molar refractivity (Wildman–Crippen MR) is 65.4 cm³/mol. The molecule has 0 aromatic carbocycles. The smallest absolute Gasteiger partial charge is 0.330 e. The van der Waals surface area contributed by atoms with E-state index in [1.807, 2.05) is 0 Å². The summed E-state index contributed by atoms with van der Waals surface area (Å²) in [6.07, 6.45) is 8.62. The predicted octanol–water partition coefficient (Wildman–Crippen LogP) is 2.44. The van der Waals surface area contributed by atoms with E-state index in [9.17, 15) is 9.90 Å². The van der Waals surface area contributed by atoms with Crippen molar-refractivity contribution in [2.24, 2.45) is 11.8 Å². The third-order valence-electron chi connectivity index (χ3n) is 4.21. The largest absolute Gasteiger partial charge is 0.462 e. The molecule has 2 rings (SSSR count). The number of carbonyl (C=O) groups excluding carboxylic acids is 1. The lowest BCUT2D eigenvalue weighted by atomic mass is 9.65. The number of rotatable bonds is 4. The van der Waals surface area contributed by atoms with Crippen LogP contribution in [0.4, 0.5) is 0 Å². The molecule has 2 saturated carbocycles. The molecule has 0 radical (unpaired) electrons. The van der Waals surface area contributed by atoms with Gasteiger partial charge in [0.2, 0.25) is 0 Å². The second-order valence-corrected chi connectivity index (χ2v) is 5.65. The van der Waals surface area contributed by atoms with Crippen LogP contribution in [-0.4, -0.2) is 23.3 Å². The van der Waals surface area contributed by atoms with Gasteiger partial charge >= 0.3 is 5.97 Å². The highest BCUT2D eigenvalue weighted by Crippen LogP contribution is 2.45. The van der Waals surface area contributed by atoms with E-state index in [0.717, 1.165) is 12.8 Å². The molecule has 0 heterocycles. The standard InChI is InChI=1S/C14H22O3/c1-2-13(15)17-7-6-14(16)9-11-4-3-5-12(8-11)10-14/h2,11-12,16H,1,3-10H2. The Morgan fingerprint density at radius 1 is 1.41 bits per heavy atom. The Hall–Kier alpha value is -0.830. The van der Waals surface area contributed by atoms with Gasteiger partial charge in [-0.05, 0) is 31.1 Å². The van der Waals surface area contributed by atoms with Gasteiger partial charge in [0.25, 0.3) is 0 Å². The van der Waals surface area contributed by atoms with Crippen molar-refractivity contribution in [3.63, 3.8) is 0 Å². The molecule has 0 amide bonds. The van der Waals surface area contributed by atoms with E-state index in [0.29, 0.717) is 24.9 Å². The van der Waals surface area contributed by atoms with Gasteiger partial charge in [0.15, 0.2) is 0 Å². The minimum absolute atomic E-state index is 0.306. The highest BCUT2D eigenvalue weighted by Gasteiger charge is 2.40. The van der Waals surface area contributed by atoms with Gasteiger partial charge in [-0.25, -0.2) is 4.79 Å². The molecule has 96 valence electrons. The van der Waals surface area contributed by atoms with Crippen LogP contribution in [0.1, 0.15) is 44.9 Å². The van der Waals surface area contributed by atoms with Crippen molar-refractivity contribution in [1.29, 1.82) is 0 Å². The lowest BCUT2D eigenvalue weighted by Crippen LogP contribution is -2.42. The summed E-state index contributed by atoms with van der Waals surface area (Å²) in [7, 11) is 0. The fraction of sp³-hybridized carbons (Fsp3) is 0.786. The van der Waals surface area contributed by atoms with E-state index in [4.69, 9.17) is 4.74 Å². The molecule has 3 heteroatoms. The van der Waals surface area contributed by atoms with Crippen LogP contribution in [0.25, 0.3) is 0 Å². The number of ether oxygens (including phenoxy) is 1. The normalized spacial score (nSPS) is 36.3. The van der Waals surface area contributed by atoms with Gasteiger partial charge in [0.05, 0.1) is 12.2 Å². The molecule has 2 aliphatic rings. The summed E-state index contributed by atoms with van der Waals surface area (Å²) in [4.78, 5) is 10.9. The summed E-state index contributed by atoms with van der Waals surface area (Å²) >= 11 is 0. The maximum atomic E-state index is 10.9. The van der Waals surface area contributed by atoms with Gasteiger partial charge in [0, 0.05) is 12.5 Å². The van der Waals surface area contributed by atoms with E-state index >= 15 is 0 Å². The molecule has 1 N–H and O–H groups in total. The Morgan fingerprint density at radius 2 is 2.06 bits per heavy atom. The van der Waals surface area contributed by atoms with Crippen LogP contribution in [0.2, 0.25) is 0 Å². The van der Waals surface area contributed by atoms with E-state index in [-0.39, 0.29) is 0 Å². The molecule has 2 atom stereocenters. The van der Waals surface area contributed by atoms with Gasteiger partial charge < -0.3 is 9.84 Å². The Balaban J connectivity index is 1.82. The average Bonchev–Trinajstić information content (AvgIpc) is 2.27. The Morgan fingerprint density at radius 3 is 2.65 bits per heavy atom. The summed E-state index contributed by atoms with van der Waals surface area (Å²) in [6.45, 7) is 3.66. The van der Waals surface area contributed by atoms with Crippen molar-refractivity contribution >= 4 is 5.97 Å². The first-order valence-electron chi connectivity index (χ1n) is 6.63. The summed E-state index contributed by atoms with van der Waals surface area (Å²) in [5.74, 6) is 0.967. The quantitative estimate of drug-likeness (QED) is 0.604. The first-order chi connectivity index (χ1) is 8.11. The van der Waals surface area contributed by atoms with Crippen LogP contribution >= 0.6 is 0 Å². The van der Waals surface area contributed by atoms with Crippen molar-refractivity contribution in [3.05, 3.63) is 12.7 Å². The minimum atomic E-state index is -0.602. The number of hydrogen-bond donors (Lipinski definition) is 1. The van der Waals surface area contributed by atoms with E-state index < -0.39 is 11.6 Å². The molecule has 0 aromatic rings. The Kier molecular flexibility index (Phi) is 3.87. The van der Waals surface area contributed by atoms with Crippen LogP contribution in [0.3, 0.4) is 0 Å². The van der Waals surface area contributed by atoms with E-state index in [1.54, 1.807) is 0 Å². The van der Waals surface area contributed by atoms with Crippen LogP contribution in [-0.2, 0) is 9.53 Å².